The number of nitrogens with one attached hydrogen (secondary N) is 1. The van der Waals surface area contributed by atoms with Gasteiger partial charge in [0.05, 0.1) is 12.2 Å². The lowest BCUT2D eigenvalue weighted by Gasteiger charge is -2.45. The first kappa shape index (κ1) is 19.0. The topological polar surface area (TPSA) is 67.6 Å². The largest absolute Gasteiger partial charge is 0.373 e. The molecule has 1 N–H and O–H groups in total. The summed E-state index contributed by atoms with van der Waals surface area (Å²) >= 11 is 0. The fraction of sp³-hybridized carbons (Fsp3) is 0.737. The molecule has 2 unspecified atom stereocenters. The van der Waals surface area contributed by atoms with Gasteiger partial charge in [-0.3, -0.25) is 4.90 Å². The predicted molar refractivity (Wildman–Crippen MR) is 104 cm³/mol. The van der Waals surface area contributed by atoms with E-state index < -0.39 is 0 Å². The van der Waals surface area contributed by atoms with Gasteiger partial charge in [0.2, 0.25) is 0 Å². The van der Waals surface area contributed by atoms with Crippen molar-refractivity contribution in [1.82, 2.24) is 24.7 Å². The summed E-state index contributed by atoms with van der Waals surface area (Å²) < 4.78 is 7.71. The first-order valence-electron chi connectivity index (χ1n) is 9.43. The van der Waals surface area contributed by atoms with E-state index in [0.717, 1.165) is 36.9 Å². The van der Waals surface area contributed by atoms with Crippen molar-refractivity contribution >= 4 is 11.5 Å². The highest BCUT2D eigenvalue weighted by atomic mass is 16.5. The zero-order valence-corrected chi connectivity index (χ0v) is 17.1. The maximum absolute atomic E-state index is 5.87. The second kappa shape index (κ2) is 6.78. The molecule has 0 spiro atoms. The molecule has 0 amide bonds. The van der Waals surface area contributed by atoms with Gasteiger partial charge in [0.15, 0.2) is 11.5 Å². The lowest BCUT2D eigenvalue weighted by Crippen LogP contribution is -2.57. The van der Waals surface area contributed by atoms with Crippen molar-refractivity contribution < 1.29 is 4.74 Å². The second-order valence-corrected chi connectivity index (χ2v) is 9.09. The standard InChI is InChI=1S/C19H32N6O/c1-13-10-24(11-14(2)26-13)19(6,7)12-20-15-8-9-16-21-22-17(18(3,4)5)25(16)23-15/h8-9,13-14H,10-12H2,1-7H3,(H,20,23). The predicted octanol–water partition coefficient (Wildman–Crippen LogP) is 2.72. The number of morpholine rings is 1. The molecule has 3 rings (SSSR count). The third-order valence-electron chi connectivity index (χ3n) is 4.91. The second-order valence-electron chi connectivity index (χ2n) is 9.09. The highest BCUT2D eigenvalue weighted by molar-refractivity contribution is 5.44. The van der Waals surface area contributed by atoms with E-state index >= 15 is 0 Å². The Morgan fingerprint density at radius 2 is 1.73 bits per heavy atom. The molecule has 0 bridgehead atoms. The summed E-state index contributed by atoms with van der Waals surface area (Å²) in [5.74, 6) is 1.71. The number of anilines is 1. The van der Waals surface area contributed by atoms with Gasteiger partial charge in [-0.1, -0.05) is 20.8 Å². The van der Waals surface area contributed by atoms with E-state index in [-0.39, 0.29) is 23.2 Å². The molecule has 7 nitrogen and oxygen atoms in total. The van der Waals surface area contributed by atoms with E-state index in [2.05, 4.69) is 68.9 Å². The minimum atomic E-state index is -0.107. The summed E-state index contributed by atoms with van der Waals surface area (Å²) in [4.78, 5) is 2.50. The number of fused-ring (bicyclic) bond motifs is 1. The minimum Gasteiger partial charge on any atom is -0.373 e. The molecular weight excluding hydrogens is 328 g/mol. The van der Waals surface area contributed by atoms with Crippen molar-refractivity contribution in [3.63, 3.8) is 0 Å². The molecular formula is C19H32N6O. The van der Waals surface area contributed by atoms with Gasteiger partial charge in [-0.05, 0) is 39.8 Å². The van der Waals surface area contributed by atoms with Crippen LogP contribution >= 0.6 is 0 Å². The molecule has 2 atom stereocenters. The highest BCUT2D eigenvalue weighted by Crippen LogP contribution is 2.23. The van der Waals surface area contributed by atoms with Crippen LogP contribution in [-0.2, 0) is 10.2 Å². The van der Waals surface area contributed by atoms with Crippen molar-refractivity contribution in [2.45, 2.75) is 71.6 Å². The average Bonchev–Trinajstić information content (AvgIpc) is 2.95. The van der Waals surface area contributed by atoms with Gasteiger partial charge in [0.1, 0.15) is 5.82 Å². The van der Waals surface area contributed by atoms with Crippen LogP contribution in [0, 0.1) is 0 Å². The van der Waals surface area contributed by atoms with Crippen molar-refractivity contribution in [3.05, 3.63) is 18.0 Å². The van der Waals surface area contributed by atoms with Crippen molar-refractivity contribution in [3.8, 4) is 0 Å². The Hall–Kier alpha value is -1.73. The molecule has 144 valence electrons. The van der Waals surface area contributed by atoms with Gasteiger partial charge < -0.3 is 10.1 Å². The molecule has 0 aromatic carbocycles. The van der Waals surface area contributed by atoms with E-state index in [1.807, 2.05) is 16.6 Å². The monoisotopic (exact) mass is 360 g/mol. The Morgan fingerprint density at radius 1 is 1.08 bits per heavy atom. The van der Waals surface area contributed by atoms with Gasteiger partial charge in [-0.25, -0.2) is 0 Å². The van der Waals surface area contributed by atoms with Crippen LogP contribution in [0.3, 0.4) is 0 Å². The molecule has 3 heterocycles. The number of aromatic nitrogens is 4. The molecule has 0 radical (unpaired) electrons. The normalized spacial score (nSPS) is 22.7. The van der Waals surface area contributed by atoms with Crippen LogP contribution in [-0.4, -0.2) is 62.1 Å². The fourth-order valence-corrected chi connectivity index (χ4v) is 3.44. The summed E-state index contributed by atoms with van der Waals surface area (Å²) in [5, 5.41) is 16.8. The molecule has 2 aromatic rings. The van der Waals surface area contributed by atoms with E-state index in [1.54, 1.807) is 0 Å². The number of hydrogen-bond acceptors (Lipinski definition) is 6. The van der Waals surface area contributed by atoms with Crippen LogP contribution in [0.15, 0.2) is 12.1 Å². The van der Waals surface area contributed by atoms with Crippen LogP contribution in [0.2, 0.25) is 0 Å². The molecule has 26 heavy (non-hydrogen) atoms. The highest BCUT2D eigenvalue weighted by Gasteiger charge is 2.33. The Balaban J connectivity index is 1.74. The van der Waals surface area contributed by atoms with E-state index in [1.165, 1.54) is 0 Å². The Bertz CT molecular complexity index is 753. The molecule has 7 heteroatoms. The number of hydrogen-bond donors (Lipinski definition) is 1. The lowest BCUT2D eigenvalue weighted by molar-refractivity contribution is -0.0933. The average molecular weight is 361 g/mol. The molecule has 0 aliphatic carbocycles. The summed E-state index contributed by atoms with van der Waals surface area (Å²) in [7, 11) is 0. The van der Waals surface area contributed by atoms with Gasteiger partial charge in [0, 0.05) is 30.6 Å². The maximum Gasteiger partial charge on any atom is 0.178 e. The first-order chi connectivity index (χ1) is 12.1. The first-order valence-corrected chi connectivity index (χ1v) is 9.43. The van der Waals surface area contributed by atoms with E-state index in [4.69, 9.17) is 9.84 Å². The SMILES string of the molecule is CC1CN(C(C)(C)CNc2ccc3nnc(C(C)(C)C)n3n2)CC(C)O1. The van der Waals surface area contributed by atoms with Crippen LogP contribution in [0.4, 0.5) is 5.82 Å². The van der Waals surface area contributed by atoms with Crippen molar-refractivity contribution in [2.75, 3.05) is 25.0 Å². The van der Waals surface area contributed by atoms with Crippen LogP contribution < -0.4 is 5.32 Å². The van der Waals surface area contributed by atoms with Crippen LogP contribution in [0.5, 0.6) is 0 Å². The minimum absolute atomic E-state index is 0.00296. The molecule has 0 saturated carbocycles. The van der Waals surface area contributed by atoms with Crippen molar-refractivity contribution in [1.29, 1.82) is 0 Å². The van der Waals surface area contributed by atoms with Crippen LogP contribution in [0.1, 0.15) is 54.3 Å². The van der Waals surface area contributed by atoms with Gasteiger partial charge in [0.25, 0.3) is 0 Å². The fourth-order valence-electron chi connectivity index (χ4n) is 3.44. The third-order valence-corrected chi connectivity index (χ3v) is 4.91. The Kier molecular flexibility index (Phi) is 4.96. The molecule has 1 fully saturated rings. The van der Waals surface area contributed by atoms with Crippen molar-refractivity contribution in [2.24, 2.45) is 0 Å². The van der Waals surface area contributed by atoms with E-state index in [9.17, 15) is 0 Å². The summed E-state index contributed by atoms with van der Waals surface area (Å²) in [6.07, 6.45) is 0.526. The Morgan fingerprint density at radius 3 is 2.35 bits per heavy atom. The lowest BCUT2D eigenvalue weighted by atomic mass is 9.96. The number of ether oxygens (including phenoxy) is 1. The quantitative estimate of drug-likeness (QED) is 0.904. The number of rotatable bonds is 4. The maximum atomic E-state index is 5.87. The molecule has 1 saturated heterocycles. The van der Waals surface area contributed by atoms with Gasteiger partial charge in [-0.2, -0.15) is 4.52 Å². The van der Waals surface area contributed by atoms with Gasteiger partial charge in [-0.15, -0.1) is 15.3 Å². The van der Waals surface area contributed by atoms with Gasteiger partial charge >= 0.3 is 0 Å². The zero-order valence-electron chi connectivity index (χ0n) is 17.1. The molecule has 1 aliphatic heterocycles. The smallest absolute Gasteiger partial charge is 0.178 e. The summed E-state index contributed by atoms with van der Waals surface area (Å²) in [6.45, 7) is 17.9. The molecule has 1 aliphatic rings. The molecule has 2 aromatic heterocycles. The van der Waals surface area contributed by atoms with E-state index in [0.29, 0.717) is 0 Å². The third kappa shape index (κ3) is 3.99. The number of nitrogens with zero attached hydrogens (tertiary/aromatic N) is 5. The Labute approximate surface area is 156 Å². The zero-order chi connectivity index (χ0) is 19.1. The summed E-state index contributed by atoms with van der Waals surface area (Å²) in [6, 6.07) is 3.93. The summed E-state index contributed by atoms with van der Waals surface area (Å²) in [5.41, 5.74) is 0.670. The van der Waals surface area contributed by atoms with Crippen LogP contribution in [0.25, 0.3) is 5.65 Å².